The topological polar surface area (TPSA) is 64.0 Å². The molecular weight excluding hydrogens is 261 g/mol. The number of benzene rings is 1. The molecule has 1 N–H and O–H groups in total. The molecule has 0 radical (unpaired) electrons. The van der Waals surface area contributed by atoms with Crippen LogP contribution in [0.15, 0.2) is 41.5 Å². The van der Waals surface area contributed by atoms with Gasteiger partial charge in [-0.05, 0) is 13.0 Å². The lowest BCUT2D eigenvalue weighted by molar-refractivity contribution is -0.121. The first-order valence-electron chi connectivity index (χ1n) is 6.09. The van der Waals surface area contributed by atoms with Gasteiger partial charge >= 0.3 is 0 Å². The first-order valence-corrected chi connectivity index (χ1v) is 6.09. The number of hydrogen-bond donors (Lipinski definition) is 1. The molecular formula is C14H14FN3O2. The zero-order valence-electron chi connectivity index (χ0n) is 11.0. The van der Waals surface area contributed by atoms with Crippen LogP contribution in [0.25, 0.3) is 0 Å². The van der Waals surface area contributed by atoms with Gasteiger partial charge in [-0.1, -0.05) is 18.2 Å². The minimum Gasteiger partial charge on any atom is -0.350 e. The molecule has 2 aromatic rings. The third kappa shape index (κ3) is 3.50. The molecule has 1 amide bonds. The van der Waals surface area contributed by atoms with Crippen molar-refractivity contribution >= 4 is 5.91 Å². The Hall–Kier alpha value is -2.50. The molecule has 0 saturated carbocycles. The van der Waals surface area contributed by atoms with Crippen molar-refractivity contribution < 1.29 is 9.18 Å². The van der Waals surface area contributed by atoms with E-state index >= 15 is 0 Å². The molecule has 104 valence electrons. The van der Waals surface area contributed by atoms with E-state index in [9.17, 15) is 14.0 Å². The highest BCUT2D eigenvalue weighted by molar-refractivity contribution is 5.75. The lowest BCUT2D eigenvalue weighted by atomic mass is 10.2. The number of amides is 1. The lowest BCUT2D eigenvalue weighted by Gasteiger charge is -2.07. The van der Waals surface area contributed by atoms with Crippen molar-refractivity contribution in [1.29, 1.82) is 0 Å². The predicted molar refractivity (Wildman–Crippen MR) is 71.5 cm³/mol. The van der Waals surface area contributed by atoms with Crippen molar-refractivity contribution in [3.05, 3.63) is 64.1 Å². The van der Waals surface area contributed by atoms with Gasteiger partial charge in [-0.15, -0.1) is 0 Å². The van der Waals surface area contributed by atoms with Gasteiger partial charge < -0.3 is 5.32 Å². The number of hydrogen-bond acceptors (Lipinski definition) is 3. The second kappa shape index (κ2) is 6.10. The Labute approximate surface area is 115 Å². The summed E-state index contributed by atoms with van der Waals surface area (Å²) in [6, 6.07) is 7.55. The molecule has 0 aliphatic rings. The van der Waals surface area contributed by atoms with E-state index < -0.39 is 0 Å². The monoisotopic (exact) mass is 275 g/mol. The standard InChI is InChI=1S/C14H14FN3O2/c1-10-6-14(20)18(9-17-10)8-13(19)16-7-11-4-2-3-5-12(11)15/h2-6,9H,7-8H2,1H3,(H,16,19). The number of aromatic nitrogens is 2. The molecule has 0 aliphatic heterocycles. The van der Waals surface area contributed by atoms with Crippen LogP contribution >= 0.6 is 0 Å². The normalized spacial score (nSPS) is 10.3. The molecule has 0 bridgehead atoms. The number of rotatable bonds is 4. The Kier molecular flexibility index (Phi) is 4.24. The fraction of sp³-hybridized carbons (Fsp3) is 0.214. The summed E-state index contributed by atoms with van der Waals surface area (Å²) in [6.07, 6.45) is 1.32. The molecule has 1 aromatic heterocycles. The Bertz CT molecular complexity index is 682. The van der Waals surface area contributed by atoms with Gasteiger partial charge in [0.25, 0.3) is 5.56 Å². The number of nitrogens with zero attached hydrogens (tertiary/aromatic N) is 2. The molecule has 20 heavy (non-hydrogen) atoms. The van der Waals surface area contributed by atoms with Crippen LogP contribution < -0.4 is 10.9 Å². The number of halogens is 1. The Morgan fingerprint density at radius 3 is 2.85 bits per heavy atom. The Balaban J connectivity index is 1.96. The summed E-state index contributed by atoms with van der Waals surface area (Å²) in [7, 11) is 0. The first kappa shape index (κ1) is 13.9. The fourth-order valence-corrected chi connectivity index (χ4v) is 1.68. The Morgan fingerprint density at radius 1 is 1.40 bits per heavy atom. The lowest BCUT2D eigenvalue weighted by Crippen LogP contribution is -2.32. The minimum atomic E-state index is -0.374. The molecule has 6 heteroatoms. The van der Waals surface area contributed by atoms with Crippen LogP contribution in [0.2, 0.25) is 0 Å². The number of nitrogens with one attached hydrogen (secondary N) is 1. The number of carbonyl (C=O) groups excluding carboxylic acids is 1. The quantitative estimate of drug-likeness (QED) is 0.905. The van der Waals surface area contributed by atoms with Crippen LogP contribution in [0.4, 0.5) is 4.39 Å². The number of aryl methyl sites for hydroxylation is 1. The van der Waals surface area contributed by atoms with Crippen molar-refractivity contribution in [1.82, 2.24) is 14.9 Å². The molecule has 0 spiro atoms. The zero-order chi connectivity index (χ0) is 14.5. The van der Waals surface area contributed by atoms with E-state index in [0.717, 1.165) is 0 Å². The van der Waals surface area contributed by atoms with Crippen molar-refractivity contribution in [3.8, 4) is 0 Å². The summed E-state index contributed by atoms with van der Waals surface area (Å²) in [5.74, 6) is -0.747. The maximum Gasteiger partial charge on any atom is 0.253 e. The molecule has 0 unspecified atom stereocenters. The molecule has 0 saturated heterocycles. The predicted octanol–water partition coefficient (Wildman–Crippen LogP) is 1.01. The molecule has 5 nitrogen and oxygen atoms in total. The minimum absolute atomic E-state index is 0.0829. The van der Waals surface area contributed by atoms with E-state index in [4.69, 9.17) is 0 Å². The van der Waals surface area contributed by atoms with Crippen molar-refractivity contribution in [2.75, 3.05) is 0 Å². The second-order valence-corrected chi connectivity index (χ2v) is 4.36. The van der Waals surface area contributed by atoms with Crippen molar-refractivity contribution in [2.24, 2.45) is 0 Å². The van der Waals surface area contributed by atoms with Gasteiger partial charge in [-0.25, -0.2) is 9.37 Å². The highest BCUT2D eigenvalue weighted by Crippen LogP contribution is 2.05. The molecule has 0 atom stereocenters. The van der Waals surface area contributed by atoms with Crippen LogP contribution in [0.3, 0.4) is 0 Å². The molecule has 0 fully saturated rings. The smallest absolute Gasteiger partial charge is 0.253 e. The van der Waals surface area contributed by atoms with E-state index in [0.29, 0.717) is 11.3 Å². The zero-order valence-corrected chi connectivity index (χ0v) is 11.0. The van der Waals surface area contributed by atoms with Gasteiger partial charge in [-0.2, -0.15) is 0 Å². The summed E-state index contributed by atoms with van der Waals surface area (Å²) < 4.78 is 14.6. The number of carbonyl (C=O) groups is 1. The van der Waals surface area contributed by atoms with Gasteiger partial charge in [-0.3, -0.25) is 14.2 Å². The van der Waals surface area contributed by atoms with Gasteiger partial charge in [0.2, 0.25) is 5.91 Å². The fourth-order valence-electron chi connectivity index (χ4n) is 1.68. The summed E-state index contributed by atoms with van der Waals surface area (Å²) in [5, 5.41) is 2.56. The van der Waals surface area contributed by atoms with E-state index in [1.165, 1.54) is 23.0 Å². The van der Waals surface area contributed by atoms with E-state index in [2.05, 4.69) is 10.3 Å². The third-order valence-corrected chi connectivity index (χ3v) is 2.76. The van der Waals surface area contributed by atoms with E-state index in [-0.39, 0.29) is 30.4 Å². The average molecular weight is 275 g/mol. The van der Waals surface area contributed by atoms with Gasteiger partial charge in [0, 0.05) is 23.9 Å². The molecule has 1 heterocycles. The van der Waals surface area contributed by atoms with E-state index in [1.54, 1.807) is 25.1 Å². The van der Waals surface area contributed by atoms with E-state index in [1.807, 2.05) is 0 Å². The molecule has 1 aromatic carbocycles. The Morgan fingerprint density at radius 2 is 2.15 bits per heavy atom. The van der Waals surface area contributed by atoms with Crippen molar-refractivity contribution in [2.45, 2.75) is 20.0 Å². The summed E-state index contributed by atoms with van der Waals surface area (Å²) in [5.41, 5.74) is 0.701. The van der Waals surface area contributed by atoms with Crippen LogP contribution in [-0.4, -0.2) is 15.5 Å². The maximum atomic E-state index is 13.4. The van der Waals surface area contributed by atoms with Crippen LogP contribution in [0, 0.1) is 12.7 Å². The first-order chi connectivity index (χ1) is 9.56. The highest BCUT2D eigenvalue weighted by Gasteiger charge is 2.06. The van der Waals surface area contributed by atoms with Gasteiger partial charge in [0.15, 0.2) is 0 Å². The second-order valence-electron chi connectivity index (χ2n) is 4.36. The molecule has 0 aliphatic carbocycles. The van der Waals surface area contributed by atoms with Gasteiger partial charge in [0.1, 0.15) is 12.4 Å². The van der Waals surface area contributed by atoms with Crippen molar-refractivity contribution in [3.63, 3.8) is 0 Å². The van der Waals surface area contributed by atoms with Gasteiger partial charge in [0.05, 0.1) is 6.33 Å². The van der Waals surface area contributed by atoms with Crippen LogP contribution in [-0.2, 0) is 17.9 Å². The van der Waals surface area contributed by atoms with Crippen LogP contribution in [0.5, 0.6) is 0 Å². The largest absolute Gasteiger partial charge is 0.350 e. The molecule has 2 rings (SSSR count). The highest BCUT2D eigenvalue weighted by atomic mass is 19.1. The third-order valence-electron chi connectivity index (χ3n) is 2.76. The summed E-state index contributed by atoms with van der Waals surface area (Å²) >= 11 is 0. The summed E-state index contributed by atoms with van der Waals surface area (Å²) in [6.45, 7) is 1.64. The average Bonchev–Trinajstić information content (AvgIpc) is 2.41. The van der Waals surface area contributed by atoms with Crippen LogP contribution in [0.1, 0.15) is 11.3 Å². The SMILES string of the molecule is Cc1cc(=O)n(CC(=O)NCc2ccccc2F)cn1. The summed E-state index contributed by atoms with van der Waals surface area (Å²) in [4.78, 5) is 27.2. The maximum absolute atomic E-state index is 13.4.